The maximum absolute atomic E-state index is 11.9. The minimum atomic E-state index is -3.21. The predicted octanol–water partition coefficient (Wildman–Crippen LogP) is 2.43. The van der Waals surface area contributed by atoms with Gasteiger partial charge in [0.25, 0.3) is 0 Å². The third-order valence-corrected chi connectivity index (χ3v) is 5.90. The van der Waals surface area contributed by atoms with E-state index >= 15 is 0 Å². The first kappa shape index (κ1) is 11.9. The molecule has 1 aromatic carbocycles. The van der Waals surface area contributed by atoms with Gasteiger partial charge < -0.3 is 0 Å². The van der Waals surface area contributed by atoms with Crippen LogP contribution in [-0.4, -0.2) is 19.6 Å². The zero-order valence-electron chi connectivity index (χ0n) is 9.11. The molecule has 1 aliphatic rings. The third kappa shape index (κ3) is 1.98. The van der Waals surface area contributed by atoms with Crippen LogP contribution in [0.1, 0.15) is 17.5 Å². The van der Waals surface area contributed by atoms with Crippen molar-refractivity contribution in [2.24, 2.45) is 0 Å². The first-order chi connectivity index (χ1) is 7.56. The molecule has 0 N–H and O–H groups in total. The lowest BCUT2D eigenvalue weighted by atomic mass is 10.0. The fourth-order valence-corrected chi connectivity index (χ4v) is 3.95. The van der Waals surface area contributed by atoms with E-state index in [1.807, 2.05) is 25.1 Å². The van der Waals surface area contributed by atoms with Gasteiger partial charge in [-0.3, -0.25) is 4.31 Å². The molecular formula is C11H14BrNO2S. The van der Waals surface area contributed by atoms with Gasteiger partial charge in [0.1, 0.15) is 4.66 Å². The number of alkyl halides is 1. The van der Waals surface area contributed by atoms with E-state index in [9.17, 15) is 8.42 Å². The topological polar surface area (TPSA) is 37.4 Å². The first-order valence-electron chi connectivity index (χ1n) is 5.21. The van der Waals surface area contributed by atoms with Crippen molar-refractivity contribution < 1.29 is 8.42 Å². The number of rotatable bonds is 2. The van der Waals surface area contributed by atoms with Gasteiger partial charge >= 0.3 is 0 Å². The highest BCUT2D eigenvalue weighted by Crippen LogP contribution is 2.32. The van der Waals surface area contributed by atoms with E-state index in [0.29, 0.717) is 6.54 Å². The lowest BCUT2D eigenvalue weighted by Gasteiger charge is -2.31. The molecule has 0 aliphatic carbocycles. The van der Waals surface area contributed by atoms with E-state index in [2.05, 4.69) is 15.9 Å². The maximum atomic E-state index is 11.9. The molecule has 1 aliphatic heterocycles. The molecule has 5 heteroatoms. The Morgan fingerprint density at radius 1 is 1.44 bits per heavy atom. The third-order valence-electron chi connectivity index (χ3n) is 2.85. The van der Waals surface area contributed by atoms with Gasteiger partial charge in [-0.25, -0.2) is 8.42 Å². The molecule has 0 bridgehead atoms. The second-order valence-corrected chi connectivity index (χ2v) is 7.18. The number of halogens is 1. The van der Waals surface area contributed by atoms with Crippen molar-refractivity contribution in [1.82, 2.24) is 0 Å². The second kappa shape index (κ2) is 4.37. The Bertz CT molecular complexity index is 499. The van der Waals surface area contributed by atoms with Gasteiger partial charge in [0.2, 0.25) is 10.0 Å². The van der Waals surface area contributed by atoms with Crippen LogP contribution >= 0.6 is 15.9 Å². The van der Waals surface area contributed by atoms with E-state index in [-0.39, 0.29) is 4.66 Å². The summed E-state index contributed by atoms with van der Waals surface area (Å²) in [6.45, 7) is 2.55. The number of hydrogen-bond acceptors (Lipinski definition) is 2. The van der Waals surface area contributed by atoms with Gasteiger partial charge in [-0.1, -0.05) is 34.1 Å². The van der Waals surface area contributed by atoms with Crippen LogP contribution in [0.15, 0.2) is 18.2 Å². The minimum absolute atomic E-state index is 0.0201. The summed E-state index contributed by atoms with van der Waals surface area (Å²) in [5, 5.41) is 0. The van der Waals surface area contributed by atoms with Crippen LogP contribution in [-0.2, 0) is 16.4 Å². The van der Waals surface area contributed by atoms with Gasteiger partial charge in [-0.15, -0.1) is 0 Å². The molecule has 0 radical (unpaired) electrons. The number of sulfonamides is 1. The number of anilines is 1. The average molecular weight is 304 g/mol. The van der Waals surface area contributed by atoms with Crippen LogP contribution in [0, 0.1) is 6.92 Å². The summed E-state index contributed by atoms with van der Waals surface area (Å²) in [7, 11) is -3.21. The Balaban J connectivity index is 2.56. The van der Waals surface area contributed by atoms with E-state index in [0.717, 1.165) is 29.7 Å². The molecule has 0 aromatic heterocycles. The number of hydrogen-bond donors (Lipinski definition) is 0. The van der Waals surface area contributed by atoms with Crippen molar-refractivity contribution in [3.63, 3.8) is 0 Å². The van der Waals surface area contributed by atoms with Gasteiger partial charge in [0, 0.05) is 6.54 Å². The smallest absolute Gasteiger partial charge is 0.245 e. The van der Waals surface area contributed by atoms with Crippen molar-refractivity contribution in [3.05, 3.63) is 29.3 Å². The fraction of sp³-hybridized carbons (Fsp3) is 0.455. The second-order valence-electron chi connectivity index (χ2n) is 3.98. The zero-order valence-corrected chi connectivity index (χ0v) is 11.5. The molecule has 0 fully saturated rings. The van der Waals surface area contributed by atoms with Crippen molar-refractivity contribution in [2.75, 3.05) is 15.5 Å². The van der Waals surface area contributed by atoms with Gasteiger partial charge in [-0.05, 0) is 30.9 Å². The molecular weight excluding hydrogens is 290 g/mol. The normalized spacial score (nSPS) is 16.0. The van der Waals surface area contributed by atoms with Crippen LogP contribution in [0.25, 0.3) is 0 Å². The van der Waals surface area contributed by atoms with Crippen LogP contribution in [0.4, 0.5) is 5.69 Å². The highest BCUT2D eigenvalue weighted by Gasteiger charge is 2.27. The summed E-state index contributed by atoms with van der Waals surface area (Å²) < 4.78 is 25.4. The molecule has 2 rings (SSSR count). The summed E-state index contributed by atoms with van der Waals surface area (Å²) in [6, 6.07) is 5.96. The largest absolute Gasteiger partial charge is 0.269 e. The predicted molar refractivity (Wildman–Crippen MR) is 69.6 cm³/mol. The molecule has 0 saturated heterocycles. The Hall–Kier alpha value is -0.550. The lowest BCUT2D eigenvalue weighted by molar-refractivity contribution is 0.591. The van der Waals surface area contributed by atoms with Crippen molar-refractivity contribution >= 4 is 31.6 Å². The number of fused-ring (bicyclic) bond motifs is 1. The number of nitrogens with zero attached hydrogens (tertiary/aromatic N) is 1. The highest BCUT2D eigenvalue weighted by atomic mass is 79.9. The van der Waals surface area contributed by atoms with Crippen molar-refractivity contribution in [3.8, 4) is 0 Å². The summed E-state index contributed by atoms with van der Waals surface area (Å²) in [5.74, 6) is 0. The molecule has 0 saturated carbocycles. The van der Waals surface area contributed by atoms with E-state index in [1.165, 1.54) is 4.31 Å². The Morgan fingerprint density at radius 2 is 2.19 bits per heavy atom. The Labute approximate surface area is 105 Å². The molecule has 88 valence electrons. The summed E-state index contributed by atoms with van der Waals surface area (Å²) >= 11 is 3.05. The highest BCUT2D eigenvalue weighted by molar-refractivity contribution is 9.10. The van der Waals surface area contributed by atoms with Crippen LogP contribution in [0.2, 0.25) is 0 Å². The molecule has 16 heavy (non-hydrogen) atoms. The van der Waals surface area contributed by atoms with Gasteiger partial charge in [-0.2, -0.15) is 0 Å². The molecule has 1 aromatic rings. The minimum Gasteiger partial charge on any atom is -0.269 e. The van der Waals surface area contributed by atoms with Crippen molar-refractivity contribution in [2.45, 2.75) is 19.8 Å². The standard InChI is InChI=1S/C11H14BrNO2S/c1-9-4-2-5-10-6-3-7-13(11(9)10)16(14,15)8-12/h2,4-5H,3,6-8H2,1H3. The Morgan fingerprint density at radius 3 is 2.88 bits per heavy atom. The van der Waals surface area contributed by atoms with Crippen LogP contribution < -0.4 is 4.31 Å². The molecule has 1 heterocycles. The monoisotopic (exact) mass is 303 g/mol. The summed E-state index contributed by atoms with van der Waals surface area (Å²) in [6.07, 6.45) is 1.86. The zero-order chi connectivity index (χ0) is 11.8. The van der Waals surface area contributed by atoms with Gasteiger partial charge in [0.05, 0.1) is 5.69 Å². The molecule has 0 amide bonds. The molecule has 0 spiro atoms. The first-order valence-corrected chi connectivity index (χ1v) is 7.94. The average Bonchev–Trinajstić information content (AvgIpc) is 2.29. The SMILES string of the molecule is Cc1cccc2c1N(S(=O)(=O)CBr)CCC2. The fourth-order valence-electron chi connectivity index (χ4n) is 2.14. The van der Waals surface area contributed by atoms with Crippen LogP contribution in [0.3, 0.4) is 0 Å². The van der Waals surface area contributed by atoms with Crippen LogP contribution in [0.5, 0.6) is 0 Å². The van der Waals surface area contributed by atoms with E-state index < -0.39 is 10.0 Å². The lowest BCUT2D eigenvalue weighted by Crippen LogP contribution is -2.36. The summed E-state index contributed by atoms with van der Waals surface area (Å²) in [5.41, 5.74) is 3.05. The van der Waals surface area contributed by atoms with Gasteiger partial charge in [0.15, 0.2) is 0 Å². The molecule has 3 nitrogen and oxygen atoms in total. The molecule has 0 unspecified atom stereocenters. The summed E-state index contributed by atoms with van der Waals surface area (Å²) in [4.78, 5) is 0. The van der Waals surface area contributed by atoms with Crippen molar-refractivity contribution in [1.29, 1.82) is 0 Å². The van der Waals surface area contributed by atoms with E-state index in [4.69, 9.17) is 0 Å². The number of benzene rings is 1. The Kier molecular flexibility index (Phi) is 3.26. The number of aryl methyl sites for hydroxylation is 2. The quantitative estimate of drug-likeness (QED) is 0.787. The van der Waals surface area contributed by atoms with E-state index in [1.54, 1.807) is 0 Å². The molecule has 0 atom stereocenters. The maximum Gasteiger partial charge on any atom is 0.245 e. The number of para-hydroxylation sites is 1.